The monoisotopic (exact) mass is 386 g/mol. The molecule has 0 aliphatic carbocycles. The van der Waals surface area contributed by atoms with Crippen molar-refractivity contribution in [3.8, 4) is 5.75 Å². The number of halogens is 2. The fraction of sp³-hybridized carbons (Fsp3) is 0.250. The molecule has 106 valence electrons. The van der Waals surface area contributed by atoms with Crippen LogP contribution in [0.25, 0.3) is 0 Å². The van der Waals surface area contributed by atoms with Crippen LogP contribution in [0, 0.1) is 16.3 Å². The predicted molar refractivity (Wildman–Crippen MR) is 85.5 cm³/mol. The summed E-state index contributed by atoms with van der Waals surface area (Å²) in [4.78, 5) is 0. The molecule has 0 spiro atoms. The molecule has 0 heterocycles. The van der Waals surface area contributed by atoms with E-state index in [4.69, 9.17) is 4.74 Å². The molecule has 0 fully saturated rings. The SMILES string of the molecule is COc1cccc(CC(O)c2cccc(C)c2I)c1F. The summed E-state index contributed by atoms with van der Waals surface area (Å²) in [6.45, 7) is 1.99. The summed E-state index contributed by atoms with van der Waals surface area (Å²) in [5, 5.41) is 10.4. The van der Waals surface area contributed by atoms with Crippen molar-refractivity contribution in [2.45, 2.75) is 19.4 Å². The molecular formula is C16H16FIO2. The lowest BCUT2D eigenvalue weighted by atomic mass is 9.99. The molecule has 0 saturated heterocycles. The topological polar surface area (TPSA) is 29.5 Å². The van der Waals surface area contributed by atoms with Crippen molar-refractivity contribution in [2.75, 3.05) is 7.11 Å². The maximum Gasteiger partial charge on any atom is 0.168 e. The number of hydrogen-bond donors (Lipinski definition) is 1. The van der Waals surface area contributed by atoms with Gasteiger partial charge in [0.05, 0.1) is 13.2 Å². The van der Waals surface area contributed by atoms with Gasteiger partial charge in [0.1, 0.15) is 0 Å². The maximum absolute atomic E-state index is 14.1. The summed E-state index contributed by atoms with van der Waals surface area (Å²) in [5.41, 5.74) is 2.38. The second-order valence-electron chi connectivity index (χ2n) is 4.63. The van der Waals surface area contributed by atoms with Crippen LogP contribution in [-0.4, -0.2) is 12.2 Å². The Morgan fingerprint density at radius 1 is 1.25 bits per heavy atom. The fourth-order valence-corrected chi connectivity index (χ4v) is 2.84. The van der Waals surface area contributed by atoms with Crippen LogP contribution in [0.2, 0.25) is 0 Å². The lowest BCUT2D eigenvalue weighted by molar-refractivity contribution is 0.176. The molecule has 2 aromatic carbocycles. The highest BCUT2D eigenvalue weighted by atomic mass is 127. The van der Waals surface area contributed by atoms with Gasteiger partial charge in [0, 0.05) is 9.99 Å². The van der Waals surface area contributed by atoms with Gasteiger partial charge < -0.3 is 9.84 Å². The van der Waals surface area contributed by atoms with E-state index < -0.39 is 11.9 Å². The number of methoxy groups -OCH3 is 1. The minimum absolute atomic E-state index is 0.202. The molecule has 1 unspecified atom stereocenters. The van der Waals surface area contributed by atoms with Gasteiger partial charge >= 0.3 is 0 Å². The Labute approximate surface area is 131 Å². The third-order valence-electron chi connectivity index (χ3n) is 3.26. The van der Waals surface area contributed by atoms with Gasteiger partial charge in [-0.1, -0.05) is 30.3 Å². The number of benzene rings is 2. The van der Waals surface area contributed by atoms with Crippen molar-refractivity contribution >= 4 is 22.6 Å². The first-order chi connectivity index (χ1) is 9.54. The molecular weight excluding hydrogens is 370 g/mol. The molecule has 2 aromatic rings. The summed E-state index contributed by atoms with van der Waals surface area (Å²) in [6.07, 6.45) is -0.508. The van der Waals surface area contributed by atoms with Gasteiger partial charge in [-0.15, -0.1) is 0 Å². The van der Waals surface area contributed by atoms with E-state index in [9.17, 15) is 9.50 Å². The van der Waals surface area contributed by atoms with E-state index in [1.807, 2.05) is 25.1 Å². The Kier molecular flexibility index (Phi) is 4.99. The number of rotatable bonds is 4. The van der Waals surface area contributed by atoms with Gasteiger partial charge in [0.2, 0.25) is 0 Å². The Morgan fingerprint density at radius 2 is 1.95 bits per heavy atom. The molecule has 0 aromatic heterocycles. The van der Waals surface area contributed by atoms with E-state index in [1.54, 1.807) is 18.2 Å². The Balaban J connectivity index is 2.28. The van der Waals surface area contributed by atoms with Crippen LogP contribution in [0.5, 0.6) is 5.75 Å². The summed E-state index contributed by atoms with van der Waals surface area (Å²) in [7, 11) is 1.43. The van der Waals surface area contributed by atoms with Crippen molar-refractivity contribution in [2.24, 2.45) is 0 Å². The van der Waals surface area contributed by atoms with Gasteiger partial charge in [-0.25, -0.2) is 4.39 Å². The van der Waals surface area contributed by atoms with E-state index in [2.05, 4.69) is 22.6 Å². The molecule has 20 heavy (non-hydrogen) atoms. The lowest BCUT2D eigenvalue weighted by Gasteiger charge is -2.15. The smallest absolute Gasteiger partial charge is 0.168 e. The van der Waals surface area contributed by atoms with Crippen molar-refractivity contribution in [1.29, 1.82) is 0 Å². The second kappa shape index (κ2) is 6.54. The maximum atomic E-state index is 14.1. The summed E-state index contributed by atoms with van der Waals surface area (Å²) in [6, 6.07) is 10.7. The second-order valence-corrected chi connectivity index (χ2v) is 5.71. The quantitative estimate of drug-likeness (QED) is 0.805. The number of aryl methyl sites for hydroxylation is 1. The lowest BCUT2D eigenvalue weighted by Crippen LogP contribution is -2.06. The number of aliphatic hydroxyl groups is 1. The first-order valence-electron chi connectivity index (χ1n) is 6.29. The molecule has 0 saturated carbocycles. The molecule has 1 N–H and O–H groups in total. The Morgan fingerprint density at radius 3 is 2.65 bits per heavy atom. The van der Waals surface area contributed by atoms with Crippen LogP contribution in [0.15, 0.2) is 36.4 Å². The first kappa shape index (κ1) is 15.3. The third kappa shape index (κ3) is 3.12. The van der Waals surface area contributed by atoms with E-state index >= 15 is 0 Å². The van der Waals surface area contributed by atoms with Crippen LogP contribution in [0.4, 0.5) is 4.39 Å². The molecule has 4 heteroatoms. The van der Waals surface area contributed by atoms with Crippen LogP contribution >= 0.6 is 22.6 Å². The molecule has 0 amide bonds. The molecule has 0 radical (unpaired) electrons. The summed E-state index contributed by atoms with van der Waals surface area (Å²) in [5.74, 6) is -0.203. The highest BCUT2D eigenvalue weighted by Gasteiger charge is 2.16. The third-order valence-corrected chi connectivity index (χ3v) is 4.73. The van der Waals surface area contributed by atoms with E-state index in [0.717, 1.165) is 14.7 Å². The van der Waals surface area contributed by atoms with Crippen LogP contribution < -0.4 is 4.74 Å². The molecule has 2 rings (SSSR count). The summed E-state index contributed by atoms with van der Waals surface area (Å²) >= 11 is 2.21. The zero-order chi connectivity index (χ0) is 14.7. The number of hydrogen-bond acceptors (Lipinski definition) is 2. The zero-order valence-electron chi connectivity index (χ0n) is 11.4. The average Bonchev–Trinajstić information content (AvgIpc) is 2.44. The van der Waals surface area contributed by atoms with Crippen LogP contribution in [-0.2, 0) is 6.42 Å². The fourth-order valence-electron chi connectivity index (χ4n) is 2.12. The van der Waals surface area contributed by atoms with E-state index in [-0.39, 0.29) is 12.2 Å². The van der Waals surface area contributed by atoms with Crippen molar-refractivity contribution < 1.29 is 14.2 Å². The van der Waals surface area contributed by atoms with Crippen LogP contribution in [0.3, 0.4) is 0 Å². The van der Waals surface area contributed by atoms with Crippen molar-refractivity contribution in [3.63, 3.8) is 0 Å². The van der Waals surface area contributed by atoms with Crippen molar-refractivity contribution in [1.82, 2.24) is 0 Å². The minimum atomic E-state index is -0.733. The largest absolute Gasteiger partial charge is 0.494 e. The van der Waals surface area contributed by atoms with Gasteiger partial charge in [-0.05, 0) is 52.3 Å². The van der Waals surface area contributed by atoms with Gasteiger partial charge in [0.15, 0.2) is 11.6 Å². The summed E-state index contributed by atoms with van der Waals surface area (Å²) < 4.78 is 20.1. The van der Waals surface area contributed by atoms with Gasteiger partial charge in [-0.2, -0.15) is 0 Å². The highest BCUT2D eigenvalue weighted by Crippen LogP contribution is 2.28. The first-order valence-corrected chi connectivity index (χ1v) is 7.37. The van der Waals surface area contributed by atoms with Crippen LogP contribution in [0.1, 0.15) is 22.8 Å². The van der Waals surface area contributed by atoms with Crippen molar-refractivity contribution in [3.05, 3.63) is 62.5 Å². The molecule has 0 bridgehead atoms. The van der Waals surface area contributed by atoms with Gasteiger partial charge in [-0.3, -0.25) is 0 Å². The van der Waals surface area contributed by atoms with E-state index in [1.165, 1.54) is 7.11 Å². The van der Waals surface area contributed by atoms with E-state index in [0.29, 0.717) is 5.56 Å². The number of aliphatic hydroxyl groups excluding tert-OH is 1. The molecule has 2 nitrogen and oxygen atoms in total. The predicted octanol–water partition coefficient (Wildman–Crippen LogP) is 4.02. The van der Waals surface area contributed by atoms with Gasteiger partial charge in [0.25, 0.3) is 0 Å². The molecule has 0 aliphatic heterocycles. The zero-order valence-corrected chi connectivity index (χ0v) is 13.5. The Bertz CT molecular complexity index is 613. The Hall–Kier alpha value is -1.14. The number of ether oxygens (including phenoxy) is 1. The normalized spacial score (nSPS) is 12.2. The minimum Gasteiger partial charge on any atom is -0.494 e. The standard InChI is InChI=1S/C16H16FIO2/c1-10-5-3-7-12(16(10)18)13(19)9-11-6-4-8-14(20-2)15(11)17/h3-8,13,19H,9H2,1-2H3. The molecule has 1 atom stereocenters. The highest BCUT2D eigenvalue weighted by molar-refractivity contribution is 14.1. The molecule has 0 aliphatic rings. The average molecular weight is 386 g/mol.